The van der Waals surface area contributed by atoms with Gasteiger partial charge in [-0.3, -0.25) is 4.98 Å². The van der Waals surface area contributed by atoms with E-state index in [1.165, 1.54) is 0 Å². The Bertz CT molecular complexity index is 613. The van der Waals surface area contributed by atoms with E-state index >= 15 is 0 Å². The number of aromatic nitrogens is 1. The largest absolute Gasteiger partial charge is 0.372 e. The maximum atomic E-state index is 9.28. The molecule has 0 N–H and O–H groups in total. The topological polar surface area (TPSA) is 43.2 Å². The highest BCUT2D eigenvalue weighted by atomic mass is 15.2. The van der Waals surface area contributed by atoms with Gasteiger partial charge in [-0.1, -0.05) is 18.2 Å². The van der Waals surface area contributed by atoms with Crippen LogP contribution in [0, 0.1) is 11.3 Å². The van der Waals surface area contributed by atoms with E-state index < -0.39 is 0 Å². The summed E-state index contributed by atoms with van der Waals surface area (Å²) in [5, 5.41) is 10.3. The number of rotatable bonds is 4. The molecule has 0 atom stereocenters. The maximum Gasteiger partial charge on any atom is 0.103 e. The van der Waals surface area contributed by atoms with Crippen LogP contribution in [0.3, 0.4) is 0 Å². The van der Waals surface area contributed by atoms with E-state index in [-0.39, 0.29) is 0 Å². The minimum Gasteiger partial charge on any atom is -0.372 e. The Kier molecular flexibility index (Phi) is 3.98. The first-order valence-corrected chi connectivity index (χ1v) is 6.27. The fourth-order valence-electron chi connectivity index (χ4n) is 2.08. The van der Waals surface area contributed by atoms with Gasteiger partial charge < -0.3 is 9.80 Å². The Labute approximate surface area is 113 Å². The molecule has 0 aliphatic rings. The van der Waals surface area contributed by atoms with Gasteiger partial charge in [0.15, 0.2) is 0 Å². The van der Waals surface area contributed by atoms with Crippen LogP contribution in [0.15, 0.2) is 30.5 Å². The number of hydrogen-bond donors (Lipinski definition) is 0. The molecular weight excluding hydrogens is 236 g/mol. The van der Waals surface area contributed by atoms with Crippen LogP contribution in [0.1, 0.15) is 5.56 Å². The van der Waals surface area contributed by atoms with Crippen molar-refractivity contribution in [2.45, 2.75) is 0 Å². The zero-order valence-corrected chi connectivity index (χ0v) is 11.6. The monoisotopic (exact) mass is 254 g/mol. The molecule has 0 spiro atoms. The lowest BCUT2D eigenvalue weighted by Gasteiger charge is -2.23. The predicted octanol–water partition coefficient (Wildman–Crippen LogP) is 2.10. The van der Waals surface area contributed by atoms with Crippen LogP contribution >= 0.6 is 0 Å². The minimum absolute atomic E-state index is 0.625. The van der Waals surface area contributed by atoms with Gasteiger partial charge in [-0.15, -0.1) is 0 Å². The van der Waals surface area contributed by atoms with Crippen molar-refractivity contribution in [3.05, 3.63) is 36.0 Å². The van der Waals surface area contributed by atoms with E-state index in [1.54, 1.807) is 6.20 Å². The zero-order valence-electron chi connectivity index (χ0n) is 11.6. The fraction of sp³-hybridized carbons (Fsp3) is 0.333. The van der Waals surface area contributed by atoms with Crippen molar-refractivity contribution >= 4 is 16.6 Å². The summed E-state index contributed by atoms with van der Waals surface area (Å²) in [6.07, 6.45) is 1.66. The molecule has 0 bridgehead atoms. The molecule has 2 rings (SSSR count). The Morgan fingerprint density at radius 3 is 2.58 bits per heavy atom. The van der Waals surface area contributed by atoms with Crippen LogP contribution < -0.4 is 4.90 Å². The second kappa shape index (κ2) is 5.68. The Morgan fingerprint density at radius 1 is 1.16 bits per heavy atom. The first kappa shape index (κ1) is 13.3. The summed E-state index contributed by atoms with van der Waals surface area (Å²) in [6.45, 7) is 1.81. The molecule has 0 saturated carbocycles. The molecule has 1 heterocycles. The molecule has 0 aliphatic carbocycles. The van der Waals surface area contributed by atoms with Crippen LogP contribution in [0.2, 0.25) is 0 Å². The number of para-hydroxylation sites is 1. The highest BCUT2D eigenvalue weighted by Crippen LogP contribution is 2.28. The Hall–Kier alpha value is -2.12. The summed E-state index contributed by atoms with van der Waals surface area (Å²) in [4.78, 5) is 8.59. The lowest BCUT2D eigenvalue weighted by atomic mass is 10.1. The van der Waals surface area contributed by atoms with E-state index in [0.717, 1.165) is 29.7 Å². The van der Waals surface area contributed by atoms with Gasteiger partial charge in [0, 0.05) is 31.7 Å². The molecule has 0 fully saturated rings. The lowest BCUT2D eigenvalue weighted by Crippen LogP contribution is -2.29. The molecule has 0 aliphatic heterocycles. The van der Waals surface area contributed by atoms with Gasteiger partial charge in [-0.2, -0.15) is 5.26 Å². The average Bonchev–Trinajstić information content (AvgIpc) is 2.43. The molecule has 0 amide bonds. The van der Waals surface area contributed by atoms with Crippen LogP contribution in [0.25, 0.3) is 10.9 Å². The van der Waals surface area contributed by atoms with Crippen LogP contribution in [-0.4, -0.2) is 44.1 Å². The summed E-state index contributed by atoms with van der Waals surface area (Å²) < 4.78 is 0. The quantitative estimate of drug-likeness (QED) is 0.838. The molecule has 0 radical (unpaired) electrons. The van der Waals surface area contributed by atoms with Crippen molar-refractivity contribution in [1.82, 2.24) is 9.88 Å². The molecule has 19 heavy (non-hydrogen) atoms. The van der Waals surface area contributed by atoms with Gasteiger partial charge in [0.25, 0.3) is 0 Å². The predicted molar refractivity (Wildman–Crippen MR) is 78.3 cm³/mol. The number of pyridine rings is 1. The molecule has 4 heteroatoms. The third kappa shape index (κ3) is 2.83. The van der Waals surface area contributed by atoms with E-state index in [0.29, 0.717) is 5.56 Å². The summed E-state index contributed by atoms with van der Waals surface area (Å²) in [7, 11) is 6.11. The lowest BCUT2D eigenvalue weighted by molar-refractivity contribution is 0.416. The third-order valence-corrected chi connectivity index (χ3v) is 3.13. The van der Waals surface area contributed by atoms with E-state index in [2.05, 4.69) is 20.9 Å². The number of benzene rings is 1. The van der Waals surface area contributed by atoms with Crippen molar-refractivity contribution in [3.63, 3.8) is 0 Å². The number of nitriles is 1. The van der Waals surface area contributed by atoms with Crippen LogP contribution in [0.5, 0.6) is 0 Å². The smallest absolute Gasteiger partial charge is 0.103 e. The maximum absolute atomic E-state index is 9.28. The van der Waals surface area contributed by atoms with Crippen LogP contribution in [-0.2, 0) is 0 Å². The first-order chi connectivity index (χ1) is 9.13. The number of hydrogen-bond acceptors (Lipinski definition) is 4. The molecule has 98 valence electrons. The number of fused-ring (bicyclic) bond motifs is 1. The minimum atomic E-state index is 0.625. The molecule has 0 saturated heterocycles. The second-order valence-electron chi connectivity index (χ2n) is 4.87. The SMILES string of the molecule is CN(C)CCN(C)c1c(C#N)cnc2ccccc12. The average molecular weight is 254 g/mol. The number of nitrogens with zero attached hydrogens (tertiary/aromatic N) is 4. The number of likely N-dealkylation sites (N-methyl/N-ethyl adjacent to an activating group) is 2. The zero-order chi connectivity index (χ0) is 13.8. The Morgan fingerprint density at radius 2 is 1.89 bits per heavy atom. The van der Waals surface area contributed by atoms with Crippen molar-refractivity contribution < 1.29 is 0 Å². The summed E-state index contributed by atoms with van der Waals surface area (Å²) in [5.41, 5.74) is 2.52. The van der Waals surface area contributed by atoms with E-state index in [9.17, 15) is 5.26 Å². The highest BCUT2D eigenvalue weighted by molar-refractivity contribution is 5.94. The molecule has 4 nitrogen and oxygen atoms in total. The van der Waals surface area contributed by atoms with Gasteiger partial charge >= 0.3 is 0 Å². The standard InChI is InChI=1S/C15H18N4/c1-18(2)8-9-19(3)15-12(10-16)11-17-14-7-5-4-6-13(14)15/h4-7,11H,8-9H2,1-3H3. The van der Waals surface area contributed by atoms with Crippen molar-refractivity contribution in [1.29, 1.82) is 5.26 Å². The molecular formula is C15H18N4. The molecule has 2 aromatic rings. The van der Waals surface area contributed by atoms with Gasteiger partial charge in [-0.25, -0.2) is 0 Å². The normalized spacial score (nSPS) is 10.7. The Balaban J connectivity index is 2.47. The number of anilines is 1. The van der Waals surface area contributed by atoms with Crippen molar-refractivity contribution in [3.8, 4) is 6.07 Å². The molecule has 0 unspecified atom stereocenters. The summed E-state index contributed by atoms with van der Waals surface area (Å²) in [6, 6.07) is 10.2. The van der Waals surface area contributed by atoms with Gasteiger partial charge in [0.1, 0.15) is 6.07 Å². The van der Waals surface area contributed by atoms with E-state index in [1.807, 2.05) is 45.4 Å². The van der Waals surface area contributed by atoms with Crippen molar-refractivity contribution in [2.75, 3.05) is 39.1 Å². The van der Waals surface area contributed by atoms with Crippen LogP contribution in [0.4, 0.5) is 5.69 Å². The fourth-order valence-corrected chi connectivity index (χ4v) is 2.08. The van der Waals surface area contributed by atoms with E-state index in [4.69, 9.17) is 0 Å². The van der Waals surface area contributed by atoms with Crippen molar-refractivity contribution in [2.24, 2.45) is 0 Å². The first-order valence-electron chi connectivity index (χ1n) is 6.27. The molecule has 1 aromatic carbocycles. The van der Waals surface area contributed by atoms with Gasteiger partial charge in [0.2, 0.25) is 0 Å². The molecule has 1 aromatic heterocycles. The highest BCUT2D eigenvalue weighted by Gasteiger charge is 2.12. The summed E-state index contributed by atoms with van der Waals surface area (Å²) >= 11 is 0. The summed E-state index contributed by atoms with van der Waals surface area (Å²) in [5.74, 6) is 0. The van der Waals surface area contributed by atoms with Gasteiger partial charge in [-0.05, 0) is 20.2 Å². The van der Waals surface area contributed by atoms with Gasteiger partial charge in [0.05, 0.1) is 16.8 Å². The second-order valence-corrected chi connectivity index (χ2v) is 4.87. The third-order valence-electron chi connectivity index (χ3n) is 3.13.